The summed E-state index contributed by atoms with van der Waals surface area (Å²) in [5.41, 5.74) is 0.0360. The van der Waals surface area contributed by atoms with Gasteiger partial charge in [0.25, 0.3) is 5.91 Å². The van der Waals surface area contributed by atoms with Gasteiger partial charge in [-0.05, 0) is 25.5 Å². The summed E-state index contributed by atoms with van der Waals surface area (Å²) < 4.78 is 13.7. The van der Waals surface area contributed by atoms with Crippen molar-refractivity contribution in [2.24, 2.45) is 0 Å². The third-order valence-electron chi connectivity index (χ3n) is 2.41. The highest BCUT2D eigenvalue weighted by atomic mass is 79.9. The maximum Gasteiger partial charge on any atom is 0.256 e. The normalized spacial score (nSPS) is 10.4. The molecule has 0 fully saturated rings. The minimum Gasteiger partial charge on any atom is -0.339 e. The first-order valence-electron chi connectivity index (χ1n) is 5.41. The zero-order valence-corrected chi connectivity index (χ0v) is 11.9. The van der Waals surface area contributed by atoms with Crippen molar-refractivity contribution >= 4 is 33.4 Å². The van der Waals surface area contributed by atoms with E-state index in [4.69, 9.17) is 11.6 Å². The lowest BCUT2D eigenvalue weighted by molar-refractivity contribution is 0.0760. The van der Waals surface area contributed by atoms with Gasteiger partial charge in [-0.2, -0.15) is 0 Å². The lowest BCUT2D eigenvalue weighted by Crippen LogP contribution is -2.32. The van der Waals surface area contributed by atoms with Crippen LogP contribution in [0.25, 0.3) is 0 Å². The second kappa shape index (κ2) is 6.97. The Labute approximate surface area is 114 Å². The van der Waals surface area contributed by atoms with Gasteiger partial charge in [-0.1, -0.05) is 33.6 Å². The van der Waals surface area contributed by atoms with Gasteiger partial charge < -0.3 is 4.90 Å². The molecule has 0 saturated carbocycles. The van der Waals surface area contributed by atoms with E-state index in [9.17, 15) is 9.18 Å². The number of nitrogens with zero attached hydrogens (tertiary/aromatic N) is 1. The number of rotatable bonds is 5. The van der Waals surface area contributed by atoms with E-state index in [-0.39, 0.29) is 16.5 Å². The average Bonchev–Trinajstić information content (AvgIpc) is 2.33. The summed E-state index contributed by atoms with van der Waals surface area (Å²) in [7, 11) is 0. The lowest BCUT2D eigenvalue weighted by Gasteiger charge is -2.20. The van der Waals surface area contributed by atoms with E-state index in [1.54, 1.807) is 11.0 Å². The van der Waals surface area contributed by atoms with Crippen molar-refractivity contribution in [2.75, 3.05) is 18.4 Å². The van der Waals surface area contributed by atoms with Crippen molar-refractivity contribution < 1.29 is 9.18 Å². The Hall–Kier alpha value is -0.610. The van der Waals surface area contributed by atoms with Gasteiger partial charge in [-0.15, -0.1) is 0 Å². The Morgan fingerprint density at radius 2 is 2.24 bits per heavy atom. The van der Waals surface area contributed by atoms with Crippen LogP contribution >= 0.6 is 27.5 Å². The molecule has 0 radical (unpaired) electrons. The first-order chi connectivity index (χ1) is 8.11. The lowest BCUT2D eigenvalue weighted by atomic mass is 10.2. The van der Waals surface area contributed by atoms with E-state index in [1.807, 2.05) is 6.92 Å². The molecule has 1 aromatic carbocycles. The van der Waals surface area contributed by atoms with Crippen molar-refractivity contribution in [1.82, 2.24) is 4.90 Å². The number of hydrogen-bond acceptors (Lipinski definition) is 1. The van der Waals surface area contributed by atoms with E-state index in [0.717, 1.165) is 11.8 Å². The molecule has 0 aromatic heterocycles. The van der Waals surface area contributed by atoms with Crippen molar-refractivity contribution in [1.29, 1.82) is 0 Å². The van der Waals surface area contributed by atoms with Crippen LogP contribution in [-0.4, -0.2) is 29.2 Å². The first kappa shape index (κ1) is 14.5. The van der Waals surface area contributed by atoms with E-state index in [0.29, 0.717) is 13.1 Å². The van der Waals surface area contributed by atoms with E-state index in [1.165, 1.54) is 12.1 Å². The number of amides is 1. The Morgan fingerprint density at radius 3 is 2.82 bits per heavy atom. The molecule has 0 bridgehead atoms. The summed E-state index contributed by atoms with van der Waals surface area (Å²) in [6.07, 6.45) is 0.835. The quantitative estimate of drug-likeness (QED) is 0.757. The van der Waals surface area contributed by atoms with Crippen LogP contribution in [0.2, 0.25) is 5.02 Å². The molecule has 1 amide bonds. The van der Waals surface area contributed by atoms with Crippen molar-refractivity contribution in [2.45, 2.75) is 13.3 Å². The fourth-order valence-electron chi connectivity index (χ4n) is 1.49. The highest BCUT2D eigenvalue weighted by Gasteiger charge is 2.18. The van der Waals surface area contributed by atoms with Gasteiger partial charge in [0.15, 0.2) is 5.82 Å². The average molecular weight is 323 g/mol. The summed E-state index contributed by atoms with van der Waals surface area (Å²) in [5, 5.41) is 0.793. The molecule has 0 aliphatic heterocycles. The number of benzene rings is 1. The Kier molecular flexibility index (Phi) is 5.92. The summed E-state index contributed by atoms with van der Waals surface area (Å²) in [6, 6.07) is 4.47. The molecular weight excluding hydrogens is 308 g/mol. The van der Waals surface area contributed by atoms with Gasteiger partial charge in [-0.25, -0.2) is 4.39 Å². The SMILES string of the molecule is CCN(CCCBr)C(=O)c1cccc(Cl)c1F. The monoisotopic (exact) mass is 321 g/mol. The largest absolute Gasteiger partial charge is 0.339 e. The number of carbonyl (C=O) groups is 1. The molecule has 0 unspecified atom stereocenters. The third-order valence-corrected chi connectivity index (χ3v) is 3.27. The Balaban J connectivity index is 2.90. The van der Waals surface area contributed by atoms with E-state index < -0.39 is 5.82 Å². The molecule has 0 spiro atoms. The molecule has 0 atom stereocenters. The fraction of sp³-hybridized carbons (Fsp3) is 0.417. The molecule has 0 aliphatic carbocycles. The summed E-state index contributed by atoms with van der Waals surface area (Å²) in [6.45, 7) is 3.03. The molecule has 1 rings (SSSR count). The minimum atomic E-state index is -0.642. The molecule has 1 aromatic rings. The minimum absolute atomic E-state index is 0.0209. The highest BCUT2D eigenvalue weighted by Crippen LogP contribution is 2.19. The fourth-order valence-corrected chi connectivity index (χ4v) is 1.92. The van der Waals surface area contributed by atoms with Crippen LogP contribution in [0.5, 0.6) is 0 Å². The van der Waals surface area contributed by atoms with Gasteiger partial charge in [0, 0.05) is 18.4 Å². The zero-order chi connectivity index (χ0) is 12.8. The maximum atomic E-state index is 13.7. The van der Waals surface area contributed by atoms with Gasteiger partial charge in [0.05, 0.1) is 10.6 Å². The second-order valence-corrected chi connectivity index (χ2v) is 4.73. The molecule has 0 aliphatic rings. The summed E-state index contributed by atoms with van der Waals surface area (Å²) in [5.74, 6) is -0.954. The standard InChI is InChI=1S/C12H14BrClFNO/c1-2-16(8-4-7-13)12(17)9-5-3-6-10(14)11(9)15/h3,5-6H,2,4,7-8H2,1H3. The molecule has 0 heterocycles. The van der Waals surface area contributed by atoms with Gasteiger partial charge in [0.2, 0.25) is 0 Å². The number of halogens is 3. The molecule has 5 heteroatoms. The van der Waals surface area contributed by atoms with Crippen LogP contribution < -0.4 is 0 Å². The van der Waals surface area contributed by atoms with Crippen molar-refractivity contribution in [3.63, 3.8) is 0 Å². The van der Waals surface area contributed by atoms with Crippen molar-refractivity contribution in [3.05, 3.63) is 34.6 Å². The predicted octanol–water partition coefficient (Wildman–Crippen LogP) is 3.73. The highest BCUT2D eigenvalue weighted by molar-refractivity contribution is 9.09. The molecule has 94 valence electrons. The Morgan fingerprint density at radius 1 is 1.53 bits per heavy atom. The maximum absolute atomic E-state index is 13.7. The summed E-state index contributed by atoms with van der Waals surface area (Å²) in [4.78, 5) is 13.7. The first-order valence-corrected chi connectivity index (χ1v) is 6.91. The number of carbonyl (C=O) groups excluding carboxylic acids is 1. The van der Waals surface area contributed by atoms with E-state index in [2.05, 4.69) is 15.9 Å². The summed E-state index contributed by atoms with van der Waals surface area (Å²) >= 11 is 8.96. The van der Waals surface area contributed by atoms with Crippen LogP contribution in [0.3, 0.4) is 0 Å². The second-order valence-electron chi connectivity index (χ2n) is 3.53. The number of alkyl halides is 1. The molecule has 0 saturated heterocycles. The van der Waals surface area contributed by atoms with Gasteiger partial charge in [0.1, 0.15) is 0 Å². The van der Waals surface area contributed by atoms with Crippen LogP contribution in [0.4, 0.5) is 4.39 Å². The van der Waals surface area contributed by atoms with Gasteiger partial charge in [-0.3, -0.25) is 4.79 Å². The predicted molar refractivity (Wildman–Crippen MR) is 71.4 cm³/mol. The van der Waals surface area contributed by atoms with Crippen LogP contribution in [0.1, 0.15) is 23.7 Å². The molecule has 2 nitrogen and oxygen atoms in total. The zero-order valence-electron chi connectivity index (χ0n) is 9.55. The Bertz CT molecular complexity index is 400. The molecule has 17 heavy (non-hydrogen) atoms. The van der Waals surface area contributed by atoms with Crippen LogP contribution in [0.15, 0.2) is 18.2 Å². The van der Waals surface area contributed by atoms with Crippen LogP contribution in [-0.2, 0) is 0 Å². The third kappa shape index (κ3) is 3.68. The van der Waals surface area contributed by atoms with Crippen molar-refractivity contribution in [3.8, 4) is 0 Å². The smallest absolute Gasteiger partial charge is 0.256 e. The van der Waals surface area contributed by atoms with Crippen LogP contribution in [0, 0.1) is 5.82 Å². The topological polar surface area (TPSA) is 20.3 Å². The van der Waals surface area contributed by atoms with E-state index >= 15 is 0 Å². The molecule has 0 N–H and O–H groups in total. The molecular formula is C12H14BrClFNO. The number of hydrogen-bond donors (Lipinski definition) is 0. The van der Waals surface area contributed by atoms with Gasteiger partial charge >= 0.3 is 0 Å².